The number of methoxy groups -OCH3 is 2. The summed E-state index contributed by atoms with van der Waals surface area (Å²) in [6, 6.07) is 20.6. The van der Waals surface area contributed by atoms with Crippen molar-refractivity contribution in [3.63, 3.8) is 0 Å². The third-order valence-electron chi connectivity index (χ3n) is 7.43. The van der Waals surface area contributed by atoms with Crippen LogP contribution in [0.5, 0.6) is 11.5 Å². The highest BCUT2D eigenvalue weighted by atomic mass is 19.1. The molecule has 0 atom stereocenters. The zero-order valence-electron chi connectivity index (χ0n) is 22.1. The number of aromatic amines is 1. The van der Waals surface area contributed by atoms with Crippen LogP contribution in [0.3, 0.4) is 0 Å². The fraction of sp³-hybridized carbons (Fsp3) is 0.233. The second-order valence-corrected chi connectivity index (χ2v) is 9.71. The van der Waals surface area contributed by atoms with E-state index in [2.05, 4.69) is 4.98 Å². The minimum absolute atomic E-state index is 0.0196. The van der Waals surface area contributed by atoms with Gasteiger partial charge in [-0.05, 0) is 67.4 Å². The number of benzene rings is 3. The topological polar surface area (TPSA) is 94.4 Å². The van der Waals surface area contributed by atoms with Crippen molar-refractivity contribution in [2.24, 2.45) is 0 Å². The average molecular weight is 542 g/mol. The van der Waals surface area contributed by atoms with Crippen LogP contribution in [0, 0.1) is 5.82 Å². The van der Waals surface area contributed by atoms with Gasteiger partial charge in [0.2, 0.25) is 0 Å². The number of carbonyl (C=O) groups is 1. The zero-order chi connectivity index (χ0) is 27.8. The first-order valence-electron chi connectivity index (χ1n) is 13.0. The van der Waals surface area contributed by atoms with Gasteiger partial charge in [0.1, 0.15) is 23.0 Å². The van der Waals surface area contributed by atoms with E-state index in [0.29, 0.717) is 60.1 Å². The van der Waals surface area contributed by atoms with Gasteiger partial charge in [-0.15, -0.1) is 0 Å². The van der Waals surface area contributed by atoms with Gasteiger partial charge in [0.05, 0.1) is 36.6 Å². The molecule has 1 saturated heterocycles. The number of rotatable bonds is 6. The van der Waals surface area contributed by atoms with Crippen molar-refractivity contribution in [1.29, 1.82) is 0 Å². The van der Waals surface area contributed by atoms with Crippen LogP contribution in [-0.4, -0.2) is 57.4 Å². The number of ether oxygens (including phenoxy) is 2. The predicted molar refractivity (Wildman–Crippen MR) is 149 cm³/mol. The minimum atomic E-state index is -0.379. The van der Waals surface area contributed by atoms with Crippen LogP contribution >= 0.6 is 0 Å². The highest BCUT2D eigenvalue weighted by Crippen LogP contribution is 2.34. The number of aromatic nitrogens is 4. The maximum Gasteiger partial charge on any atom is 0.326 e. The van der Waals surface area contributed by atoms with E-state index >= 15 is 0 Å². The van der Waals surface area contributed by atoms with Crippen LogP contribution in [0.2, 0.25) is 0 Å². The first kappa shape index (κ1) is 25.4. The molecule has 3 heterocycles. The Morgan fingerprint density at radius 2 is 1.73 bits per heavy atom. The number of carbonyl (C=O) groups excluding carboxylic acids is 1. The largest absolute Gasteiger partial charge is 0.497 e. The predicted octanol–water partition coefficient (Wildman–Crippen LogP) is 4.82. The molecule has 1 aliphatic heterocycles. The van der Waals surface area contributed by atoms with E-state index in [-0.39, 0.29) is 23.5 Å². The monoisotopic (exact) mass is 541 g/mol. The number of halogens is 1. The van der Waals surface area contributed by atoms with Crippen LogP contribution in [0.4, 0.5) is 4.39 Å². The van der Waals surface area contributed by atoms with Crippen molar-refractivity contribution in [2.45, 2.75) is 18.9 Å². The van der Waals surface area contributed by atoms with Crippen molar-refractivity contribution in [2.75, 3.05) is 27.3 Å². The average Bonchev–Trinajstić information content (AvgIpc) is 3.58. The zero-order valence-corrected chi connectivity index (χ0v) is 22.1. The van der Waals surface area contributed by atoms with Crippen molar-refractivity contribution < 1.29 is 18.7 Å². The van der Waals surface area contributed by atoms with Crippen molar-refractivity contribution in [3.8, 4) is 28.4 Å². The van der Waals surface area contributed by atoms with E-state index in [1.54, 1.807) is 54.0 Å². The SMILES string of the molecule is COc1ccc(-c2cc(C(=O)N3CCC(n4c(=O)[nH]c5ccccc54)CC3)n(-c3ccc(F)cc3)n2)c(OC)c1. The van der Waals surface area contributed by atoms with E-state index in [1.807, 2.05) is 30.3 Å². The number of nitrogens with zero attached hydrogens (tertiary/aromatic N) is 4. The minimum Gasteiger partial charge on any atom is -0.497 e. The molecule has 1 aliphatic rings. The maximum atomic E-state index is 13.9. The number of fused-ring (bicyclic) bond motifs is 1. The third-order valence-corrected chi connectivity index (χ3v) is 7.43. The van der Waals surface area contributed by atoms with Gasteiger partial charge in [-0.3, -0.25) is 9.36 Å². The van der Waals surface area contributed by atoms with Crippen LogP contribution in [0.15, 0.2) is 77.6 Å². The lowest BCUT2D eigenvalue weighted by molar-refractivity contribution is 0.0685. The molecule has 0 spiro atoms. The standard InChI is InChI=1S/C30H28FN5O4/c1-39-22-11-12-23(28(17-22)40-2)25-18-27(36(33-25)21-9-7-19(31)8-10-21)29(37)34-15-13-20(14-16-34)35-26-6-4-3-5-24(26)32-30(35)38/h3-12,17-18,20H,13-16H2,1-2H3,(H,32,38). The van der Waals surface area contributed by atoms with Gasteiger partial charge in [0, 0.05) is 30.8 Å². The Morgan fingerprint density at radius 1 is 0.975 bits per heavy atom. The van der Waals surface area contributed by atoms with Gasteiger partial charge in [-0.1, -0.05) is 12.1 Å². The molecule has 10 heteroatoms. The second-order valence-electron chi connectivity index (χ2n) is 9.71. The molecule has 9 nitrogen and oxygen atoms in total. The molecule has 0 aliphatic carbocycles. The van der Waals surface area contributed by atoms with Gasteiger partial charge in [0.15, 0.2) is 0 Å². The Kier molecular flexibility index (Phi) is 6.59. The molecule has 0 bridgehead atoms. The Morgan fingerprint density at radius 3 is 2.45 bits per heavy atom. The Hall–Kier alpha value is -4.86. The van der Waals surface area contributed by atoms with Crippen molar-refractivity contribution in [3.05, 3.63) is 94.8 Å². The molecule has 0 unspecified atom stereocenters. The van der Waals surface area contributed by atoms with Gasteiger partial charge in [-0.2, -0.15) is 5.10 Å². The molecule has 40 heavy (non-hydrogen) atoms. The number of para-hydroxylation sites is 2. The molecule has 6 rings (SSSR count). The fourth-order valence-corrected chi connectivity index (χ4v) is 5.38. The molecule has 1 amide bonds. The quantitative estimate of drug-likeness (QED) is 0.333. The van der Waals surface area contributed by atoms with E-state index in [9.17, 15) is 14.0 Å². The van der Waals surface area contributed by atoms with Gasteiger partial charge >= 0.3 is 5.69 Å². The molecule has 3 aromatic carbocycles. The molecule has 0 radical (unpaired) electrons. The smallest absolute Gasteiger partial charge is 0.326 e. The lowest BCUT2D eigenvalue weighted by atomic mass is 10.0. The molecule has 1 fully saturated rings. The van der Waals surface area contributed by atoms with E-state index in [1.165, 1.54) is 16.8 Å². The normalized spacial score (nSPS) is 14.0. The van der Waals surface area contributed by atoms with Crippen LogP contribution < -0.4 is 15.2 Å². The first-order chi connectivity index (χ1) is 19.5. The van der Waals surface area contributed by atoms with Crippen molar-refractivity contribution >= 4 is 16.9 Å². The van der Waals surface area contributed by atoms with Crippen LogP contribution in [-0.2, 0) is 0 Å². The number of piperidine rings is 1. The summed E-state index contributed by atoms with van der Waals surface area (Å²) in [5.41, 5.74) is 3.66. The number of nitrogens with one attached hydrogen (secondary N) is 1. The number of H-pyrrole nitrogens is 1. The molecule has 1 N–H and O–H groups in total. The summed E-state index contributed by atoms with van der Waals surface area (Å²) in [4.78, 5) is 31.3. The van der Waals surface area contributed by atoms with Gasteiger partial charge < -0.3 is 19.4 Å². The first-order valence-corrected chi connectivity index (χ1v) is 13.0. The Bertz CT molecular complexity index is 1750. The lowest BCUT2D eigenvalue weighted by Crippen LogP contribution is -2.41. The fourth-order valence-electron chi connectivity index (χ4n) is 5.38. The van der Waals surface area contributed by atoms with Gasteiger partial charge in [-0.25, -0.2) is 13.9 Å². The summed E-state index contributed by atoms with van der Waals surface area (Å²) in [6.45, 7) is 0.955. The second kappa shape index (κ2) is 10.4. The van der Waals surface area contributed by atoms with Crippen LogP contribution in [0.25, 0.3) is 28.0 Å². The lowest BCUT2D eigenvalue weighted by Gasteiger charge is -2.32. The summed E-state index contributed by atoms with van der Waals surface area (Å²) < 4.78 is 27.9. The summed E-state index contributed by atoms with van der Waals surface area (Å²) in [5.74, 6) is 0.606. The number of hydrogen-bond acceptors (Lipinski definition) is 5. The van der Waals surface area contributed by atoms with E-state index in [4.69, 9.17) is 14.6 Å². The number of likely N-dealkylation sites (tertiary alicyclic amines) is 1. The third kappa shape index (κ3) is 4.51. The molecular weight excluding hydrogens is 513 g/mol. The van der Waals surface area contributed by atoms with Crippen molar-refractivity contribution in [1.82, 2.24) is 24.2 Å². The summed E-state index contributed by atoms with van der Waals surface area (Å²) >= 11 is 0. The molecule has 2 aromatic heterocycles. The summed E-state index contributed by atoms with van der Waals surface area (Å²) in [7, 11) is 3.14. The van der Waals surface area contributed by atoms with E-state index in [0.717, 1.165) is 11.0 Å². The molecule has 204 valence electrons. The molecule has 0 saturated carbocycles. The van der Waals surface area contributed by atoms with E-state index < -0.39 is 0 Å². The van der Waals surface area contributed by atoms with Gasteiger partial charge in [0.25, 0.3) is 5.91 Å². The highest BCUT2D eigenvalue weighted by Gasteiger charge is 2.29. The van der Waals surface area contributed by atoms with Crippen LogP contribution in [0.1, 0.15) is 29.4 Å². The highest BCUT2D eigenvalue weighted by molar-refractivity contribution is 5.94. The maximum absolute atomic E-state index is 13.9. The number of imidazole rings is 1. The molecule has 5 aromatic rings. The summed E-state index contributed by atoms with van der Waals surface area (Å²) in [5, 5.41) is 4.74. The number of amides is 1. The number of hydrogen-bond donors (Lipinski definition) is 1. The summed E-state index contributed by atoms with van der Waals surface area (Å²) in [6.07, 6.45) is 1.27. The Balaban J connectivity index is 1.32. The Labute approximate surface area is 229 Å². The molecular formula is C30H28FN5O4.